The summed E-state index contributed by atoms with van der Waals surface area (Å²) in [7, 11) is 1.54. The van der Waals surface area contributed by atoms with E-state index in [0.29, 0.717) is 39.6 Å². The Labute approximate surface area is 198 Å². The smallest absolute Gasteiger partial charge is 0.229 e. The van der Waals surface area contributed by atoms with E-state index < -0.39 is 23.7 Å². The Balaban J connectivity index is 1.43. The van der Waals surface area contributed by atoms with Gasteiger partial charge in [-0.15, -0.1) is 11.3 Å². The van der Waals surface area contributed by atoms with Gasteiger partial charge in [0.2, 0.25) is 11.7 Å². The molecule has 3 fully saturated rings. The van der Waals surface area contributed by atoms with Gasteiger partial charge in [0.25, 0.3) is 0 Å². The van der Waals surface area contributed by atoms with Gasteiger partial charge in [-0.3, -0.25) is 4.79 Å². The van der Waals surface area contributed by atoms with E-state index in [1.54, 1.807) is 24.0 Å². The molecule has 170 valence electrons. The molecule has 3 heterocycles. The molecule has 3 aromatic heterocycles. The zero-order chi connectivity index (χ0) is 22.9. The Morgan fingerprint density at radius 2 is 2.12 bits per heavy atom. The van der Waals surface area contributed by atoms with Crippen molar-refractivity contribution in [1.29, 1.82) is 0 Å². The summed E-state index contributed by atoms with van der Waals surface area (Å²) in [6.07, 6.45) is 1.96. The first-order valence-electron chi connectivity index (χ1n) is 10.8. The van der Waals surface area contributed by atoms with Crippen molar-refractivity contribution in [2.45, 2.75) is 43.6 Å². The molecule has 0 radical (unpaired) electrons. The van der Waals surface area contributed by atoms with Gasteiger partial charge in [-0.1, -0.05) is 11.6 Å². The van der Waals surface area contributed by atoms with Crippen molar-refractivity contribution in [2.24, 2.45) is 11.3 Å². The lowest BCUT2D eigenvalue weighted by atomic mass is 9.98. The molecule has 5 atom stereocenters. The minimum Gasteiger partial charge on any atom is -0.389 e. The fourth-order valence-electron chi connectivity index (χ4n) is 5.00. The number of carbonyl (C=O) groups excluding carboxylic acids is 1. The van der Waals surface area contributed by atoms with Crippen molar-refractivity contribution in [3.05, 3.63) is 33.5 Å². The van der Waals surface area contributed by atoms with Gasteiger partial charge < -0.3 is 25.4 Å². The summed E-state index contributed by atoms with van der Waals surface area (Å²) in [5.74, 6) is 6.50. The van der Waals surface area contributed by atoms with Crippen LogP contribution in [0.4, 0.5) is 5.82 Å². The lowest BCUT2D eigenvalue weighted by molar-refractivity contribution is -0.132. The first-order chi connectivity index (χ1) is 15.9. The average molecular weight is 485 g/mol. The van der Waals surface area contributed by atoms with Crippen LogP contribution in [0.2, 0.25) is 4.34 Å². The number of carbonyl (C=O) groups is 1. The highest BCUT2D eigenvalue weighted by molar-refractivity contribution is 7.16. The summed E-state index contributed by atoms with van der Waals surface area (Å²) >= 11 is 7.38. The highest BCUT2D eigenvalue weighted by Gasteiger charge is 2.75. The number of anilines is 1. The monoisotopic (exact) mass is 484 g/mol. The number of imidazole rings is 1. The third-order valence-electron chi connectivity index (χ3n) is 6.85. The standard InChI is InChI=1S/C22H21ClN6O3S/c1-24-21(32)22-8-12(22)16(17(30)18(22)31)29-9-25-15-19(26-10-2-3-10)27-14(28-20(15)29)7-5-11-4-6-13(23)33-11/h4,6,9-10,12,16-18,30-31H,2-3,8H2,1H3,(H,24,32)(H,26,27,28)/t12?,16-,17?,18+,22-/m1/s1. The van der Waals surface area contributed by atoms with Gasteiger partial charge in [0.1, 0.15) is 6.10 Å². The van der Waals surface area contributed by atoms with Crippen LogP contribution in [0.3, 0.4) is 0 Å². The van der Waals surface area contributed by atoms with E-state index in [4.69, 9.17) is 11.6 Å². The second kappa shape index (κ2) is 7.40. The summed E-state index contributed by atoms with van der Waals surface area (Å²) < 4.78 is 2.42. The Morgan fingerprint density at radius 3 is 2.82 bits per heavy atom. The van der Waals surface area contributed by atoms with Gasteiger partial charge in [0.05, 0.1) is 33.1 Å². The molecular weight excluding hydrogens is 464 g/mol. The van der Waals surface area contributed by atoms with Gasteiger partial charge in [-0.05, 0) is 43.2 Å². The summed E-state index contributed by atoms with van der Waals surface area (Å²) in [6.45, 7) is 0. The fourth-order valence-corrected chi connectivity index (χ4v) is 5.89. The molecule has 1 amide bonds. The molecule has 33 heavy (non-hydrogen) atoms. The van der Waals surface area contributed by atoms with Crippen LogP contribution in [0, 0.1) is 23.2 Å². The molecule has 3 aromatic rings. The van der Waals surface area contributed by atoms with Crippen LogP contribution >= 0.6 is 22.9 Å². The molecule has 3 aliphatic rings. The number of amides is 1. The maximum atomic E-state index is 12.5. The van der Waals surface area contributed by atoms with E-state index in [1.165, 1.54) is 11.3 Å². The number of hydrogen-bond acceptors (Lipinski definition) is 8. The molecule has 0 saturated heterocycles. The molecule has 0 aliphatic heterocycles. The van der Waals surface area contributed by atoms with Gasteiger partial charge >= 0.3 is 0 Å². The van der Waals surface area contributed by atoms with Crippen LogP contribution in [-0.2, 0) is 4.79 Å². The lowest BCUT2D eigenvalue weighted by Crippen LogP contribution is -2.41. The number of nitrogens with zero attached hydrogens (tertiary/aromatic N) is 4. The number of aliphatic hydroxyl groups is 2. The lowest BCUT2D eigenvalue weighted by Gasteiger charge is -2.23. The number of thiophene rings is 1. The van der Waals surface area contributed by atoms with Crippen LogP contribution in [0.25, 0.3) is 11.2 Å². The van der Waals surface area contributed by atoms with E-state index in [2.05, 4.69) is 37.4 Å². The minimum atomic E-state index is -1.15. The SMILES string of the molecule is CNC(=O)[C@]12CC1[C@@H](n1cnc3c(NC4CC4)nc(C#Cc4ccc(Cl)s4)nc31)C(O)[C@@H]2O. The van der Waals surface area contributed by atoms with Crippen molar-refractivity contribution in [2.75, 3.05) is 12.4 Å². The number of fused-ring (bicyclic) bond motifs is 2. The van der Waals surface area contributed by atoms with Crippen molar-refractivity contribution in [3.63, 3.8) is 0 Å². The maximum Gasteiger partial charge on any atom is 0.229 e. The topological polar surface area (TPSA) is 125 Å². The molecule has 9 nitrogen and oxygen atoms in total. The second-order valence-corrected chi connectivity index (χ2v) is 10.6. The summed E-state index contributed by atoms with van der Waals surface area (Å²) in [4.78, 5) is 27.1. The summed E-state index contributed by atoms with van der Waals surface area (Å²) in [5, 5.41) is 27.6. The molecule has 0 aromatic carbocycles. The fraction of sp³-hybridized carbons (Fsp3) is 0.455. The van der Waals surface area contributed by atoms with E-state index in [-0.39, 0.29) is 11.8 Å². The van der Waals surface area contributed by atoms with Crippen LogP contribution < -0.4 is 10.6 Å². The third kappa shape index (κ3) is 3.22. The number of aliphatic hydroxyl groups excluding tert-OH is 2. The Morgan fingerprint density at radius 1 is 1.30 bits per heavy atom. The van der Waals surface area contributed by atoms with Crippen molar-refractivity contribution >= 4 is 45.8 Å². The minimum absolute atomic E-state index is 0.211. The highest BCUT2D eigenvalue weighted by atomic mass is 35.5. The van der Waals surface area contributed by atoms with E-state index >= 15 is 0 Å². The number of halogens is 1. The number of hydrogen-bond donors (Lipinski definition) is 4. The molecule has 0 bridgehead atoms. The Kier molecular flexibility index (Phi) is 4.68. The highest BCUT2D eigenvalue weighted by Crippen LogP contribution is 2.67. The molecule has 2 unspecified atom stereocenters. The molecule has 11 heteroatoms. The number of nitrogens with one attached hydrogen (secondary N) is 2. The van der Waals surface area contributed by atoms with Crippen LogP contribution in [-0.4, -0.2) is 60.9 Å². The second-order valence-electron chi connectivity index (χ2n) is 8.85. The quantitative estimate of drug-likeness (QED) is 0.414. The third-order valence-corrected chi connectivity index (χ3v) is 8.00. The largest absolute Gasteiger partial charge is 0.389 e. The molecule has 6 rings (SSSR count). The predicted octanol–water partition coefficient (Wildman–Crippen LogP) is 1.54. The van der Waals surface area contributed by atoms with Gasteiger partial charge in [0, 0.05) is 19.0 Å². The van der Waals surface area contributed by atoms with E-state index in [9.17, 15) is 15.0 Å². The normalized spacial score (nSPS) is 29.9. The zero-order valence-electron chi connectivity index (χ0n) is 17.6. The summed E-state index contributed by atoms with van der Waals surface area (Å²) in [6, 6.07) is 3.45. The van der Waals surface area contributed by atoms with Crippen LogP contribution in [0.5, 0.6) is 0 Å². The first kappa shape index (κ1) is 20.9. The molecule has 3 saturated carbocycles. The molecular formula is C22H21ClN6O3S. The number of rotatable bonds is 4. The van der Waals surface area contributed by atoms with Crippen LogP contribution in [0.15, 0.2) is 18.5 Å². The molecule has 4 N–H and O–H groups in total. The van der Waals surface area contributed by atoms with Gasteiger partial charge in [0.15, 0.2) is 17.0 Å². The van der Waals surface area contributed by atoms with Gasteiger partial charge in [-0.2, -0.15) is 0 Å². The molecule has 3 aliphatic carbocycles. The van der Waals surface area contributed by atoms with Gasteiger partial charge in [-0.25, -0.2) is 15.0 Å². The maximum absolute atomic E-state index is 12.5. The number of aromatic nitrogens is 4. The van der Waals surface area contributed by atoms with E-state index in [0.717, 1.165) is 17.7 Å². The Hall–Kier alpha value is -2.71. The van der Waals surface area contributed by atoms with Crippen molar-refractivity contribution in [1.82, 2.24) is 24.8 Å². The van der Waals surface area contributed by atoms with Crippen LogP contribution in [0.1, 0.15) is 36.0 Å². The zero-order valence-corrected chi connectivity index (χ0v) is 19.2. The first-order valence-corrected chi connectivity index (χ1v) is 12.0. The average Bonchev–Trinajstić information content (AvgIpc) is 3.66. The van der Waals surface area contributed by atoms with Crippen molar-refractivity contribution < 1.29 is 15.0 Å². The molecule has 0 spiro atoms. The summed E-state index contributed by atoms with van der Waals surface area (Å²) in [5.41, 5.74) is 0.113. The Bertz CT molecular complexity index is 1340. The predicted molar refractivity (Wildman–Crippen MR) is 123 cm³/mol. The van der Waals surface area contributed by atoms with E-state index in [1.807, 2.05) is 6.07 Å². The van der Waals surface area contributed by atoms with Crippen molar-refractivity contribution in [3.8, 4) is 11.8 Å².